The Hall–Kier alpha value is -2.13. The Balaban J connectivity index is 1.35. The largest absolute Gasteiger partial charge is 0.842 e. The fourth-order valence-electron chi connectivity index (χ4n) is 5.90. The topological polar surface area (TPSA) is 23.1 Å². The van der Waals surface area contributed by atoms with Crippen LogP contribution in [0.15, 0.2) is 72.8 Å². The van der Waals surface area contributed by atoms with Gasteiger partial charge in [0.05, 0.1) is 19.6 Å². The van der Waals surface area contributed by atoms with E-state index in [4.69, 9.17) is 0 Å². The van der Waals surface area contributed by atoms with Crippen molar-refractivity contribution in [1.29, 1.82) is 0 Å². The van der Waals surface area contributed by atoms with Gasteiger partial charge in [-0.2, -0.15) is 0 Å². The zero-order valence-electron chi connectivity index (χ0n) is 19.2. The summed E-state index contributed by atoms with van der Waals surface area (Å²) in [4.78, 5) is 0. The van der Waals surface area contributed by atoms with Crippen LogP contribution in [-0.2, 0) is 5.60 Å². The van der Waals surface area contributed by atoms with Gasteiger partial charge in [-0.1, -0.05) is 73.5 Å². The number of quaternary nitrogens is 1. The van der Waals surface area contributed by atoms with Crippen molar-refractivity contribution in [2.45, 2.75) is 37.7 Å². The number of fused-ring (bicyclic) bond motifs is 3. The summed E-state index contributed by atoms with van der Waals surface area (Å²) in [6.45, 7) is 6.59. The van der Waals surface area contributed by atoms with Crippen LogP contribution in [0, 0.1) is 15.4 Å². The summed E-state index contributed by atoms with van der Waals surface area (Å²) in [7, 11) is 0. The Bertz CT molecular complexity index is 1180. The van der Waals surface area contributed by atoms with Crippen LogP contribution in [-0.4, -0.2) is 30.7 Å². The second-order valence-corrected chi connectivity index (χ2v) is 10.9. The minimum atomic E-state index is -1.27. The molecule has 1 saturated heterocycles. The second-order valence-electron chi connectivity index (χ2n) is 9.62. The lowest BCUT2D eigenvalue weighted by Crippen LogP contribution is -2.46. The Morgan fingerprint density at radius 3 is 2.33 bits per heavy atom. The summed E-state index contributed by atoms with van der Waals surface area (Å²) in [5.41, 5.74) is 4.07. The normalized spacial score (nSPS) is 22.3. The van der Waals surface area contributed by atoms with Gasteiger partial charge < -0.3 is 9.59 Å². The molecule has 3 aromatic carbocycles. The average molecular weight is 547 g/mol. The zero-order valence-corrected chi connectivity index (χ0v) is 21.3. The molecule has 0 bridgehead atoms. The van der Waals surface area contributed by atoms with Crippen molar-refractivity contribution in [2.24, 2.45) is 0 Å². The van der Waals surface area contributed by atoms with Gasteiger partial charge in [0, 0.05) is 22.3 Å². The van der Waals surface area contributed by atoms with Crippen LogP contribution < -0.4 is 5.11 Å². The molecule has 1 aliphatic heterocycles. The number of likely N-dealkylation sites (tertiary alicyclic amines) is 1. The predicted molar refractivity (Wildman–Crippen MR) is 142 cm³/mol. The molecule has 2 nitrogen and oxygen atoms in total. The molecule has 2 atom stereocenters. The molecule has 0 saturated carbocycles. The first-order valence-corrected chi connectivity index (χ1v) is 13.1. The van der Waals surface area contributed by atoms with Gasteiger partial charge in [0.25, 0.3) is 0 Å². The molecule has 33 heavy (non-hydrogen) atoms. The maximum atomic E-state index is 14.1. The number of hydrogen-bond acceptors (Lipinski definition) is 1. The summed E-state index contributed by atoms with van der Waals surface area (Å²) in [5.74, 6) is 7.42. The highest BCUT2D eigenvalue weighted by molar-refractivity contribution is 14.1. The smallest absolute Gasteiger partial charge is 0.140 e. The lowest BCUT2D eigenvalue weighted by molar-refractivity contribution is -0.910. The van der Waals surface area contributed by atoms with Crippen LogP contribution in [0.4, 0.5) is 0 Å². The summed E-state index contributed by atoms with van der Waals surface area (Å²) in [6.07, 6.45) is 2.70. The molecule has 1 fully saturated rings. The Morgan fingerprint density at radius 1 is 0.970 bits per heavy atom. The molecular formula is C30H30INO. The van der Waals surface area contributed by atoms with Crippen LogP contribution in [0.1, 0.15) is 48.8 Å². The fraction of sp³-hybridized carbons (Fsp3) is 0.333. The quantitative estimate of drug-likeness (QED) is 0.229. The molecule has 5 rings (SSSR count). The van der Waals surface area contributed by atoms with Crippen LogP contribution >= 0.6 is 22.6 Å². The molecule has 0 radical (unpaired) electrons. The third-order valence-electron chi connectivity index (χ3n) is 7.47. The molecule has 168 valence electrons. The zero-order chi connectivity index (χ0) is 22.9. The van der Waals surface area contributed by atoms with Gasteiger partial charge in [0.1, 0.15) is 6.54 Å². The minimum Gasteiger partial charge on any atom is -0.842 e. The lowest BCUT2D eigenvalue weighted by Gasteiger charge is -2.37. The number of rotatable bonds is 5. The van der Waals surface area contributed by atoms with Gasteiger partial charge in [-0.15, -0.1) is 0 Å². The van der Waals surface area contributed by atoms with Crippen molar-refractivity contribution in [3.8, 4) is 23.0 Å². The van der Waals surface area contributed by atoms with Crippen molar-refractivity contribution < 1.29 is 9.59 Å². The molecule has 1 heterocycles. The summed E-state index contributed by atoms with van der Waals surface area (Å²) in [6, 6.07) is 25.0. The number of hydrogen-bond donors (Lipinski definition) is 0. The van der Waals surface area contributed by atoms with Gasteiger partial charge >= 0.3 is 0 Å². The Morgan fingerprint density at radius 2 is 1.67 bits per heavy atom. The fourth-order valence-corrected chi connectivity index (χ4v) is 6.47. The van der Waals surface area contributed by atoms with Gasteiger partial charge in [-0.25, -0.2) is 0 Å². The molecular weight excluding hydrogens is 517 g/mol. The summed E-state index contributed by atoms with van der Waals surface area (Å²) >= 11 is 2.41. The molecule has 0 aromatic heterocycles. The van der Waals surface area contributed by atoms with Crippen molar-refractivity contribution >= 4 is 22.6 Å². The number of benzene rings is 3. The van der Waals surface area contributed by atoms with Crippen molar-refractivity contribution in [3.05, 3.63) is 93.1 Å². The highest BCUT2D eigenvalue weighted by Gasteiger charge is 2.38. The van der Waals surface area contributed by atoms with Crippen LogP contribution in [0.5, 0.6) is 0 Å². The Labute approximate surface area is 211 Å². The molecule has 0 amide bonds. The van der Waals surface area contributed by atoms with E-state index in [1.807, 2.05) is 36.4 Å². The number of nitrogens with zero attached hydrogens (tertiary/aromatic N) is 1. The second kappa shape index (κ2) is 9.25. The molecule has 3 heteroatoms. The maximum absolute atomic E-state index is 14.1. The predicted octanol–water partition coefficient (Wildman–Crippen LogP) is 5.68. The van der Waals surface area contributed by atoms with E-state index in [0.29, 0.717) is 12.3 Å². The average Bonchev–Trinajstić information content (AvgIpc) is 3.36. The van der Waals surface area contributed by atoms with Gasteiger partial charge in [-0.05, 0) is 80.5 Å². The van der Waals surface area contributed by atoms with Gasteiger partial charge in [0.15, 0.2) is 0 Å². The van der Waals surface area contributed by atoms with Crippen molar-refractivity contribution in [2.75, 3.05) is 26.2 Å². The first-order chi connectivity index (χ1) is 16.0. The van der Waals surface area contributed by atoms with E-state index in [1.54, 1.807) is 0 Å². The van der Waals surface area contributed by atoms with E-state index in [2.05, 4.69) is 77.8 Å². The van der Waals surface area contributed by atoms with Crippen molar-refractivity contribution in [1.82, 2.24) is 0 Å². The minimum absolute atomic E-state index is 0.327. The third kappa shape index (κ3) is 4.25. The first-order valence-electron chi connectivity index (χ1n) is 12.0. The lowest BCUT2D eigenvalue weighted by atomic mass is 9.88. The number of halogens is 1. The van der Waals surface area contributed by atoms with E-state index in [0.717, 1.165) is 52.8 Å². The molecule has 2 unspecified atom stereocenters. The Kier molecular flexibility index (Phi) is 6.35. The first kappa shape index (κ1) is 22.7. The molecule has 0 spiro atoms. The van der Waals surface area contributed by atoms with E-state index in [9.17, 15) is 5.11 Å². The SMILES string of the molecule is CCC[N+]1(CC#CCC2([O-])c3ccccc3-c3ccccc32)CCC(c2cccc(I)c2)C1. The van der Waals surface area contributed by atoms with E-state index in [-0.39, 0.29) is 0 Å². The molecule has 0 N–H and O–H groups in total. The molecule has 2 aliphatic rings. The van der Waals surface area contributed by atoms with E-state index in [1.165, 1.54) is 22.1 Å². The third-order valence-corrected chi connectivity index (χ3v) is 8.14. The van der Waals surface area contributed by atoms with Crippen molar-refractivity contribution in [3.63, 3.8) is 0 Å². The van der Waals surface area contributed by atoms with E-state index < -0.39 is 5.60 Å². The molecule has 3 aromatic rings. The monoisotopic (exact) mass is 547 g/mol. The van der Waals surface area contributed by atoms with Gasteiger partial charge in [-0.3, -0.25) is 0 Å². The van der Waals surface area contributed by atoms with Gasteiger partial charge in [0.2, 0.25) is 0 Å². The maximum Gasteiger partial charge on any atom is 0.140 e. The standard InChI is InChI=1S/C30H30INO/c1-2-18-32(20-16-24(22-32)23-10-9-11-25(31)21-23)19-8-7-17-30(33)28-14-5-3-12-26(28)27-13-4-6-15-29(27)30/h3-6,9-15,21,24H,2,16-20,22H2,1H3. The summed E-state index contributed by atoms with van der Waals surface area (Å²) < 4.78 is 2.36. The molecule has 1 aliphatic carbocycles. The van der Waals surface area contributed by atoms with Crippen LogP contribution in [0.2, 0.25) is 0 Å². The van der Waals surface area contributed by atoms with Crippen LogP contribution in [0.3, 0.4) is 0 Å². The highest BCUT2D eigenvalue weighted by atomic mass is 127. The highest BCUT2D eigenvalue weighted by Crippen LogP contribution is 2.47. The van der Waals surface area contributed by atoms with Crippen LogP contribution in [0.25, 0.3) is 11.1 Å². The van der Waals surface area contributed by atoms with E-state index >= 15 is 0 Å². The summed E-state index contributed by atoms with van der Waals surface area (Å²) in [5, 5.41) is 14.1.